The summed E-state index contributed by atoms with van der Waals surface area (Å²) in [4.78, 5) is 22.2. The van der Waals surface area contributed by atoms with Crippen molar-refractivity contribution in [3.63, 3.8) is 0 Å². The number of rotatable bonds is 8. The van der Waals surface area contributed by atoms with Crippen LogP contribution in [-0.2, 0) is 14.8 Å². The molecule has 32 heavy (non-hydrogen) atoms. The van der Waals surface area contributed by atoms with Gasteiger partial charge in [-0.3, -0.25) is 19.6 Å². The van der Waals surface area contributed by atoms with Crippen LogP contribution in [-0.4, -0.2) is 25.9 Å². The molecule has 1 amide bonds. The van der Waals surface area contributed by atoms with Crippen LogP contribution in [0, 0.1) is 10.1 Å². The largest absolute Gasteiger partial charge is 0.482 e. The van der Waals surface area contributed by atoms with Gasteiger partial charge in [0.25, 0.3) is 21.6 Å². The van der Waals surface area contributed by atoms with E-state index in [1.165, 1.54) is 54.6 Å². The average Bonchev–Trinajstić information content (AvgIpc) is 2.74. The zero-order valence-electron chi connectivity index (χ0n) is 16.1. The molecule has 0 aliphatic rings. The molecule has 0 unspecified atom stereocenters. The highest BCUT2D eigenvalue weighted by Gasteiger charge is 2.17. The first-order chi connectivity index (χ1) is 15.1. The zero-order valence-corrected chi connectivity index (χ0v) is 18.4. The number of nitro groups is 1. The van der Waals surface area contributed by atoms with Crippen molar-refractivity contribution in [2.75, 3.05) is 16.6 Å². The van der Waals surface area contributed by atoms with Crippen LogP contribution in [0.25, 0.3) is 0 Å². The molecule has 0 bridgehead atoms. The molecule has 0 aliphatic heterocycles. The molecule has 0 heterocycles. The Morgan fingerprint density at radius 3 is 2.38 bits per heavy atom. The number of nitrogens with one attached hydrogen (secondary N) is 2. The van der Waals surface area contributed by atoms with Crippen molar-refractivity contribution >= 4 is 56.2 Å². The molecule has 12 heteroatoms. The first kappa shape index (κ1) is 23.3. The Morgan fingerprint density at radius 2 is 1.72 bits per heavy atom. The average molecular weight is 496 g/mol. The van der Waals surface area contributed by atoms with Crippen molar-refractivity contribution in [3.05, 3.63) is 86.9 Å². The predicted molar refractivity (Wildman–Crippen MR) is 121 cm³/mol. The number of benzene rings is 3. The standard InChI is InChI=1S/C20H15Cl2N3O6S/c21-13-4-6-14(7-5-13)24-32(29,30)17-8-9-19(18(22)11-17)31-12-20(26)23-15-2-1-3-16(10-15)25(27)28/h1-11,24H,12H2,(H,23,26). The van der Waals surface area contributed by atoms with Gasteiger partial charge in [-0.25, -0.2) is 8.42 Å². The number of carbonyl (C=O) groups is 1. The smallest absolute Gasteiger partial charge is 0.271 e. The lowest BCUT2D eigenvalue weighted by atomic mass is 10.3. The minimum Gasteiger partial charge on any atom is -0.482 e. The molecule has 0 aromatic heterocycles. The van der Waals surface area contributed by atoms with Gasteiger partial charge in [0.2, 0.25) is 0 Å². The van der Waals surface area contributed by atoms with E-state index in [4.69, 9.17) is 27.9 Å². The Kier molecular flexibility index (Phi) is 7.18. The molecule has 0 radical (unpaired) electrons. The molecule has 0 aliphatic carbocycles. The van der Waals surface area contributed by atoms with Crippen molar-refractivity contribution in [2.45, 2.75) is 4.90 Å². The lowest BCUT2D eigenvalue weighted by Crippen LogP contribution is -2.20. The normalized spacial score (nSPS) is 10.9. The molecule has 0 atom stereocenters. The summed E-state index contributed by atoms with van der Waals surface area (Å²) in [7, 11) is -3.92. The van der Waals surface area contributed by atoms with E-state index in [9.17, 15) is 23.3 Å². The SMILES string of the molecule is O=C(COc1ccc(S(=O)(=O)Nc2ccc(Cl)cc2)cc1Cl)Nc1cccc([N+](=O)[O-])c1. The molecule has 3 rings (SSSR count). The third-order valence-electron chi connectivity index (χ3n) is 4.01. The van der Waals surface area contributed by atoms with Gasteiger partial charge in [-0.1, -0.05) is 29.3 Å². The molecule has 0 fully saturated rings. The predicted octanol–water partition coefficient (Wildman–Crippen LogP) is 4.72. The number of amides is 1. The van der Waals surface area contributed by atoms with Crippen molar-refractivity contribution in [3.8, 4) is 5.75 Å². The fourth-order valence-corrected chi connectivity index (χ4v) is 4.05. The Labute approximate surface area is 193 Å². The van der Waals surface area contributed by atoms with Gasteiger partial charge in [0.05, 0.1) is 14.8 Å². The number of sulfonamides is 1. The van der Waals surface area contributed by atoms with Crippen LogP contribution in [0.2, 0.25) is 10.0 Å². The van der Waals surface area contributed by atoms with Gasteiger partial charge in [0.15, 0.2) is 6.61 Å². The molecule has 0 saturated carbocycles. The number of hydrogen-bond acceptors (Lipinski definition) is 6. The van der Waals surface area contributed by atoms with Gasteiger partial charge in [0.1, 0.15) is 5.75 Å². The summed E-state index contributed by atoms with van der Waals surface area (Å²) in [6.07, 6.45) is 0. The van der Waals surface area contributed by atoms with Crippen molar-refractivity contribution in [1.29, 1.82) is 0 Å². The summed E-state index contributed by atoms with van der Waals surface area (Å²) < 4.78 is 32.8. The van der Waals surface area contributed by atoms with Crippen molar-refractivity contribution in [1.82, 2.24) is 0 Å². The van der Waals surface area contributed by atoms with E-state index in [1.54, 1.807) is 12.1 Å². The number of non-ortho nitro benzene ring substituents is 1. The number of ether oxygens (including phenoxy) is 1. The van der Waals surface area contributed by atoms with Crippen LogP contribution in [0.1, 0.15) is 0 Å². The topological polar surface area (TPSA) is 128 Å². The second kappa shape index (κ2) is 9.86. The highest BCUT2D eigenvalue weighted by atomic mass is 35.5. The van der Waals surface area contributed by atoms with Crippen molar-refractivity contribution < 1.29 is 22.9 Å². The summed E-state index contributed by atoms with van der Waals surface area (Å²) >= 11 is 11.9. The number of nitro benzene ring substituents is 1. The number of halogens is 2. The molecule has 166 valence electrons. The van der Waals surface area contributed by atoms with Crippen LogP contribution >= 0.6 is 23.2 Å². The molecule has 0 saturated heterocycles. The fourth-order valence-electron chi connectivity index (χ4n) is 2.54. The highest BCUT2D eigenvalue weighted by molar-refractivity contribution is 7.92. The number of hydrogen-bond donors (Lipinski definition) is 2. The fraction of sp³-hybridized carbons (Fsp3) is 0.0500. The molecule has 2 N–H and O–H groups in total. The maximum atomic E-state index is 12.5. The van der Waals surface area contributed by atoms with Gasteiger partial charge in [-0.05, 0) is 48.5 Å². The van der Waals surface area contributed by atoms with Gasteiger partial charge < -0.3 is 10.1 Å². The molecular formula is C20H15Cl2N3O6S. The molecule has 9 nitrogen and oxygen atoms in total. The lowest BCUT2D eigenvalue weighted by molar-refractivity contribution is -0.384. The van der Waals surface area contributed by atoms with Crippen LogP contribution in [0.3, 0.4) is 0 Å². The van der Waals surface area contributed by atoms with Gasteiger partial charge >= 0.3 is 0 Å². The Morgan fingerprint density at radius 1 is 1.00 bits per heavy atom. The second-order valence-corrected chi connectivity index (χ2v) is 8.87. The second-order valence-electron chi connectivity index (χ2n) is 6.35. The van der Waals surface area contributed by atoms with Crippen LogP contribution in [0.4, 0.5) is 17.1 Å². The molecule has 0 spiro atoms. The minimum absolute atomic E-state index is 0.0212. The summed E-state index contributed by atoms with van der Waals surface area (Å²) in [5, 5.41) is 13.7. The third-order valence-corrected chi connectivity index (χ3v) is 5.94. The quantitative estimate of drug-likeness (QED) is 0.343. The highest BCUT2D eigenvalue weighted by Crippen LogP contribution is 2.28. The Bertz CT molecular complexity index is 1270. The molecular weight excluding hydrogens is 481 g/mol. The van der Waals surface area contributed by atoms with Crippen LogP contribution in [0.15, 0.2) is 71.6 Å². The van der Waals surface area contributed by atoms with E-state index in [0.29, 0.717) is 10.7 Å². The van der Waals surface area contributed by atoms with Crippen molar-refractivity contribution in [2.24, 2.45) is 0 Å². The van der Waals surface area contributed by atoms with Gasteiger partial charge in [-0.15, -0.1) is 0 Å². The van der Waals surface area contributed by atoms with Crippen LogP contribution < -0.4 is 14.8 Å². The first-order valence-corrected chi connectivity index (χ1v) is 11.1. The summed E-state index contributed by atoms with van der Waals surface area (Å²) in [6, 6.07) is 15.3. The van der Waals surface area contributed by atoms with E-state index in [1.807, 2.05) is 0 Å². The van der Waals surface area contributed by atoms with E-state index >= 15 is 0 Å². The maximum absolute atomic E-state index is 12.5. The van der Waals surface area contributed by atoms with E-state index in [-0.39, 0.29) is 27.0 Å². The molecule has 3 aromatic carbocycles. The molecule has 3 aromatic rings. The van der Waals surface area contributed by atoms with Gasteiger partial charge in [-0.2, -0.15) is 0 Å². The summed E-state index contributed by atoms with van der Waals surface area (Å²) in [5.41, 5.74) is 0.382. The number of nitrogens with zero attached hydrogens (tertiary/aromatic N) is 1. The number of anilines is 2. The minimum atomic E-state index is -3.92. The third kappa shape index (κ3) is 6.10. The summed E-state index contributed by atoms with van der Waals surface area (Å²) in [6.45, 7) is -0.447. The number of carbonyl (C=O) groups excluding carboxylic acids is 1. The van der Waals surface area contributed by atoms with E-state index in [0.717, 1.165) is 0 Å². The summed E-state index contributed by atoms with van der Waals surface area (Å²) in [5.74, 6) is -0.492. The Balaban J connectivity index is 1.63. The van der Waals surface area contributed by atoms with Gasteiger partial charge in [0, 0.05) is 28.5 Å². The Hall–Kier alpha value is -3.34. The first-order valence-electron chi connectivity index (χ1n) is 8.89. The van der Waals surface area contributed by atoms with E-state index in [2.05, 4.69) is 10.0 Å². The maximum Gasteiger partial charge on any atom is 0.271 e. The van der Waals surface area contributed by atoms with Crippen LogP contribution in [0.5, 0.6) is 5.75 Å². The monoisotopic (exact) mass is 495 g/mol. The van der Waals surface area contributed by atoms with E-state index < -0.39 is 27.5 Å². The lowest BCUT2D eigenvalue weighted by Gasteiger charge is -2.11. The zero-order chi connectivity index (χ0) is 23.3.